The van der Waals surface area contributed by atoms with Crippen molar-refractivity contribution in [1.29, 1.82) is 0 Å². The fourth-order valence-corrected chi connectivity index (χ4v) is 2.13. The third-order valence-corrected chi connectivity index (χ3v) is 3.41. The normalized spacial score (nSPS) is 17.1. The molecule has 1 aliphatic rings. The summed E-state index contributed by atoms with van der Waals surface area (Å²) in [4.78, 5) is 2.46. The van der Waals surface area contributed by atoms with Crippen LogP contribution in [0.1, 0.15) is 33.6 Å². The van der Waals surface area contributed by atoms with Crippen LogP contribution >= 0.6 is 0 Å². The number of hydrogen-bond acceptors (Lipinski definition) is 4. The average Bonchev–Trinajstić information content (AvgIpc) is 3.21. The van der Waals surface area contributed by atoms with E-state index in [2.05, 4.69) is 17.1 Å². The van der Waals surface area contributed by atoms with Crippen LogP contribution in [0.15, 0.2) is 0 Å². The molecule has 0 saturated heterocycles. The molecule has 0 heterocycles. The maximum atomic E-state index is 5.46. The zero-order valence-corrected chi connectivity index (χ0v) is 13.0. The topological polar surface area (TPSA) is 33.7 Å². The lowest BCUT2D eigenvalue weighted by Crippen LogP contribution is -2.37. The molecule has 0 radical (unpaired) electrons. The molecule has 4 nitrogen and oxygen atoms in total. The Morgan fingerprint density at radius 2 is 1.68 bits per heavy atom. The largest absolute Gasteiger partial charge is 0.380 e. The highest BCUT2D eigenvalue weighted by molar-refractivity contribution is 4.81. The maximum Gasteiger partial charge on any atom is 0.0593 e. The lowest BCUT2D eigenvalue weighted by atomic mass is 10.1. The fourth-order valence-electron chi connectivity index (χ4n) is 2.13. The van der Waals surface area contributed by atoms with E-state index in [-0.39, 0.29) is 0 Å². The van der Waals surface area contributed by atoms with Gasteiger partial charge in [0.2, 0.25) is 0 Å². The molecule has 1 fully saturated rings. The van der Waals surface area contributed by atoms with Crippen LogP contribution in [0.25, 0.3) is 0 Å². The van der Waals surface area contributed by atoms with Crippen molar-refractivity contribution in [1.82, 2.24) is 10.2 Å². The molecule has 4 heteroatoms. The summed E-state index contributed by atoms with van der Waals surface area (Å²) < 4.78 is 10.9. The zero-order valence-electron chi connectivity index (χ0n) is 13.0. The van der Waals surface area contributed by atoms with E-state index < -0.39 is 0 Å². The second kappa shape index (κ2) is 10.6. The Bertz CT molecular complexity index is 200. The summed E-state index contributed by atoms with van der Waals surface area (Å²) in [6, 6.07) is 0.808. The molecule has 19 heavy (non-hydrogen) atoms. The lowest BCUT2D eigenvalue weighted by molar-refractivity contribution is 0.0767. The first kappa shape index (κ1) is 16.9. The highest BCUT2D eigenvalue weighted by Crippen LogP contribution is 2.18. The van der Waals surface area contributed by atoms with Gasteiger partial charge in [-0.05, 0) is 39.2 Å². The SMILES string of the molecule is CCOCCN(CCOCC)CC(C)CNC1CC1. The van der Waals surface area contributed by atoms with Crippen LogP contribution in [0.3, 0.4) is 0 Å². The Kier molecular flexibility index (Phi) is 9.43. The van der Waals surface area contributed by atoms with Gasteiger partial charge in [-0.25, -0.2) is 0 Å². The second-order valence-corrected chi connectivity index (χ2v) is 5.48. The predicted molar refractivity (Wildman–Crippen MR) is 79.6 cm³/mol. The molecule has 0 amide bonds. The van der Waals surface area contributed by atoms with Gasteiger partial charge < -0.3 is 14.8 Å². The molecular weight excluding hydrogens is 240 g/mol. The van der Waals surface area contributed by atoms with E-state index in [0.717, 1.165) is 58.6 Å². The number of hydrogen-bond donors (Lipinski definition) is 1. The Balaban J connectivity index is 2.15. The summed E-state index contributed by atoms with van der Waals surface area (Å²) >= 11 is 0. The first-order chi connectivity index (χ1) is 9.26. The van der Waals surface area contributed by atoms with Gasteiger partial charge in [0, 0.05) is 38.9 Å². The van der Waals surface area contributed by atoms with Crippen molar-refractivity contribution < 1.29 is 9.47 Å². The Hall–Kier alpha value is -0.160. The van der Waals surface area contributed by atoms with Crippen molar-refractivity contribution in [3.63, 3.8) is 0 Å². The minimum atomic E-state index is 0.684. The van der Waals surface area contributed by atoms with Gasteiger partial charge >= 0.3 is 0 Å². The summed E-state index contributed by atoms with van der Waals surface area (Å²) in [6.45, 7) is 13.9. The molecule has 114 valence electrons. The van der Waals surface area contributed by atoms with Crippen molar-refractivity contribution in [2.75, 3.05) is 52.6 Å². The van der Waals surface area contributed by atoms with Crippen LogP contribution in [0.4, 0.5) is 0 Å². The standard InChI is InChI=1S/C15H32N2O2/c1-4-18-10-8-17(9-11-19-5-2)13-14(3)12-16-15-6-7-15/h14-16H,4-13H2,1-3H3. The van der Waals surface area contributed by atoms with E-state index in [1.165, 1.54) is 12.8 Å². The van der Waals surface area contributed by atoms with Crippen LogP contribution in [-0.4, -0.2) is 63.5 Å². The summed E-state index contributed by atoms with van der Waals surface area (Å²) in [6.07, 6.45) is 2.73. The zero-order chi connectivity index (χ0) is 13.9. The molecule has 0 aromatic carbocycles. The van der Waals surface area contributed by atoms with Gasteiger partial charge in [0.25, 0.3) is 0 Å². The molecule has 0 aliphatic heterocycles. The summed E-state index contributed by atoms with van der Waals surface area (Å²) in [5.41, 5.74) is 0. The summed E-state index contributed by atoms with van der Waals surface area (Å²) in [5.74, 6) is 0.684. The van der Waals surface area contributed by atoms with Gasteiger partial charge in [0.1, 0.15) is 0 Å². The van der Waals surface area contributed by atoms with E-state index in [1.54, 1.807) is 0 Å². The van der Waals surface area contributed by atoms with Crippen molar-refractivity contribution in [3.05, 3.63) is 0 Å². The van der Waals surface area contributed by atoms with Crippen LogP contribution in [-0.2, 0) is 9.47 Å². The minimum absolute atomic E-state index is 0.684. The highest BCUT2D eigenvalue weighted by Gasteiger charge is 2.21. The second-order valence-electron chi connectivity index (χ2n) is 5.48. The van der Waals surface area contributed by atoms with Crippen LogP contribution < -0.4 is 5.32 Å². The molecule has 1 aliphatic carbocycles. The van der Waals surface area contributed by atoms with E-state index in [4.69, 9.17) is 9.47 Å². The number of rotatable bonds is 13. The monoisotopic (exact) mass is 272 g/mol. The first-order valence-corrected chi connectivity index (χ1v) is 7.87. The molecule has 1 unspecified atom stereocenters. The third kappa shape index (κ3) is 9.38. The van der Waals surface area contributed by atoms with Gasteiger partial charge in [-0.1, -0.05) is 6.92 Å². The van der Waals surface area contributed by atoms with E-state index in [1.807, 2.05) is 13.8 Å². The van der Waals surface area contributed by atoms with Gasteiger partial charge in [0.15, 0.2) is 0 Å². The molecule has 1 saturated carbocycles. The Morgan fingerprint density at radius 3 is 2.16 bits per heavy atom. The van der Waals surface area contributed by atoms with Crippen molar-refractivity contribution in [3.8, 4) is 0 Å². The maximum absolute atomic E-state index is 5.46. The van der Waals surface area contributed by atoms with Crippen molar-refractivity contribution in [2.45, 2.75) is 39.7 Å². The molecule has 1 N–H and O–H groups in total. The minimum Gasteiger partial charge on any atom is -0.380 e. The van der Waals surface area contributed by atoms with Gasteiger partial charge in [-0.15, -0.1) is 0 Å². The third-order valence-electron chi connectivity index (χ3n) is 3.41. The quantitative estimate of drug-likeness (QED) is 0.518. The first-order valence-electron chi connectivity index (χ1n) is 7.87. The van der Waals surface area contributed by atoms with Crippen molar-refractivity contribution in [2.24, 2.45) is 5.92 Å². The van der Waals surface area contributed by atoms with Gasteiger partial charge in [0.05, 0.1) is 13.2 Å². The van der Waals surface area contributed by atoms with Crippen LogP contribution in [0, 0.1) is 5.92 Å². The summed E-state index contributed by atoms with van der Waals surface area (Å²) in [5, 5.41) is 3.61. The number of ether oxygens (including phenoxy) is 2. The smallest absolute Gasteiger partial charge is 0.0593 e. The molecule has 0 aromatic heterocycles. The summed E-state index contributed by atoms with van der Waals surface area (Å²) in [7, 11) is 0. The Morgan fingerprint density at radius 1 is 1.11 bits per heavy atom. The molecular formula is C15H32N2O2. The van der Waals surface area contributed by atoms with Gasteiger partial charge in [-0.2, -0.15) is 0 Å². The van der Waals surface area contributed by atoms with E-state index >= 15 is 0 Å². The molecule has 0 aromatic rings. The average molecular weight is 272 g/mol. The molecule has 1 rings (SSSR count). The number of nitrogens with zero attached hydrogens (tertiary/aromatic N) is 1. The van der Waals surface area contributed by atoms with Crippen LogP contribution in [0.5, 0.6) is 0 Å². The number of nitrogens with one attached hydrogen (secondary N) is 1. The fraction of sp³-hybridized carbons (Fsp3) is 1.00. The lowest BCUT2D eigenvalue weighted by Gasteiger charge is -2.25. The predicted octanol–water partition coefficient (Wildman–Crippen LogP) is 1.75. The highest BCUT2D eigenvalue weighted by atomic mass is 16.5. The van der Waals surface area contributed by atoms with Gasteiger partial charge in [-0.3, -0.25) is 4.90 Å². The van der Waals surface area contributed by atoms with E-state index in [0.29, 0.717) is 5.92 Å². The molecule has 1 atom stereocenters. The molecule has 0 spiro atoms. The van der Waals surface area contributed by atoms with Crippen LogP contribution in [0.2, 0.25) is 0 Å². The Labute approximate surface area is 118 Å². The van der Waals surface area contributed by atoms with Crippen molar-refractivity contribution >= 4 is 0 Å². The van der Waals surface area contributed by atoms with E-state index in [9.17, 15) is 0 Å². The molecule has 0 bridgehead atoms.